The molecule has 326 valence electrons. The Balaban J connectivity index is 1.08. The van der Waals surface area contributed by atoms with Crippen LogP contribution in [0.4, 0.5) is 11.4 Å². The molecule has 0 amide bonds. The van der Waals surface area contributed by atoms with E-state index >= 15 is 0 Å². The normalized spacial score (nSPS) is 15.4. The van der Waals surface area contributed by atoms with Crippen molar-refractivity contribution >= 4 is 127 Å². The van der Waals surface area contributed by atoms with Gasteiger partial charge in [-0.05, 0) is 135 Å². The van der Waals surface area contributed by atoms with Crippen LogP contribution in [-0.4, -0.2) is 11.8 Å². The number of aryl methyl sites for hydroxylation is 1. The van der Waals surface area contributed by atoms with Gasteiger partial charge in [-0.1, -0.05) is 115 Å². The first-order valence-electron chi connectivity index (χ1n) is 24.0. The fourth-order valence-electron chi connectivity index (χ4n) is 12.1. The lowest BCUT2D eigenvalue weighted by Crippen LogP contribution is -2.37. The molecule has 0 unspecified atom stereocenters. The van der Waals surface area contributed by atoms with Gasteiger partial charge in [-0.25, -0.2) is 0 Å². The van der Waals surface area contributed by atoms with E-state index < -0.39 is 0 Å². The molecule has 0 radical (unpaired) electrons. The number of aromatic nitrogens is 1. The lowest BCUT2D eigenvalue weighted by molar-refractivity contribution is 0.332. The second kappa shape index (κ2) is 13.2. The summed E-state index contributed by atoms with van der Waals surface area (Å²) in [5.74, 6) is 0. The maximum atomic E-state index is 6.96. The maximum Gasteiger partial charge on any atom is 0.198 e. The number of para-hydroxylation sites is 1. The number of hydrogen-bond donors (Lipinski definition) is 1. The number of thiophene rings is 1. The second-order valence-corrected chi connectivity index (χ2v) is 23.2. The van der Waals surface area contributed by atoms with Gasteiger partial charge in [-0.3, -0.25) is 0 Å². The van der Waals surface area contributed by atoms with Gasteiger partial charge in [-0.15, -0.1) is 11.3 Å². The monoisotopic (exact) mass is 886 g/mol. The van der Waals surface area contributed by atoms with Crippen LogP contribution >= 0.6 is 11.3 Å². The highest BCUT2D eigenvalue weighted by Gasteiger charge is 2.38. The Bertz CT molecular complexity index is 4150. The third-order valence-corrected chi connectivity index (χ3v) is 17.1. The van der Waals surface area contributed by atoms with Gasteiger partial charge >= 0.3 is 0 Å². The molecule has 1 aliphatic heterocycles. The summed E-state index contributed by atoms with van der Waals surface area (Å²) < 4.78 is 18.8. The summed E-state index contributed by atoms with van der Waals surface area (Å²) in [6.45, 7) is 18.8. The predicted octanol–water partition coefficient (Wildman–Crippen LogP) is 16.0. The number of furan rings is 2. The smallest absolute Gasteiger partial charge is 0.198 e. The Labute approximate surface area is 394 Å². The van der Waals surface area contributed by atoms with E-state index in [1.54, 1.807) is 0 Å². The van der Waals surface area contributed by atoms with E-state index in [4.69, 9.17) is 8.83 Å². The quantitative estimate of drug-likeness (QED) is 0.180. The first-order chi connectivity index (χ1) is 32.2. The number of hydrogen-bond acceptors (Lipinski definition) is 4. The Morgan fingerprint density at radius 3 is 2.06 bits per heavy atom. The third kappa shape index (κ3) is 5.60. The van der Waals surface area contributed by atoms with E-state index in [2.05, 4.69) is 193 Å². The molecule has 4 nitrogen and oxygen atoms in total. The van der Waals surface area contributed by atoms with Crippen molar-refractivity contribution in [2.24, 2.45) is 0 Å². The lowest BCUT2D eigenvalue weighted by atomic mass is 9.58. The van der Waals surface area contributed by atoms with Crippen molar-refractivity contribution in [2.75, 3.05) is 5.32 Å². The summed E-state index contributed by atoms with van der Waals surface area (Å²) in [5, 5.41) is 13.8. The molecule has 67 heavy (non-hydrogen) atoms. The van der Waals surface area contributed by atoms with Crippen molar-refractivity contribution in [3.8, 4) is 16.8 Å². The molecule has 5 heterocycles. The summed E-state index contributed by atoms with van der Waals surface area (Å²) in [4.78, 5) is 0. The van der Waals surface area contributed by atoms with Gasteiger partial charge in [0.25, 0.3) is 0 Å². The zero-order valence-corrected chi connectivity index (χ0v) is 40.2. The molecule has 2 aliphatic rings. The predicted molar refractivity (Wildman–Crippen MR) is 289 cm³/mol. The van der Waals surface area contributed by atoms with E-state index in [1.165, 1.54) is 97.4 Å². The number of nitrogens with zero attached hydrogens (tertiary/aromatic N) is 1. The fourth-order valence-corrected chi connectivity index (χ4v) is 13.2. The van der Waals surface area contributed by atoms with Gasteiger partial charge in [0.05, 0.1) is 11.2 Å². The molecule has 0 saturated carbocycles. The molecule has 12 aromatic rings. The summed E-state index contributed by atoms with van der Waals surface area (Å²) in [6.07, 6.45) is 2.32. The first-order valence-corrected chi connectivity index (χ1v) is 24.8. The van der Waals surface area contributed by atoms with E-state index in [9.17, 15) is 0 Å². The fraction of sp³-hybridized carbons (Fsp3) is 0.213. The molecule has 14 rings (SSSR count). The Morgan fingerprint density at radius 1 is 0.597 bits per heavy atom. The van der Waals surface area contributed by atoms with Gasteiger partial charge in [-0.2, -0.15) is 0 Å². The highest BCUT2D eigenvalue weighted by atomic mass is 32.1. The summed E-state index contributed by atoms with van der Waals surface area (Å²) in [5.41, 5.74) is 20.3. The molecule has 0 saturated heterocycles. The van der Waals surface area contributed by atoms with Gasteiger partial charge in [0.1, 0.15) is 22.3 Å². The van der Waals surface area contributed by atoms with Gasteiger partial charge in [0.2, 0.25) is 0 Å². The molecule has 6 heteroatoms. The number of anilines is 2. The van der Waals surface area contributed by atoms with Crippen LogP contribution < -0.4 is 16.2 Å². The third-order valence-electron chi connectivity index (χ3n) is 15.9. The minimum Gasteiger partial charge on any atom is -0.456 e. The maximum absolute atomic E-state index is 6.96. The molecule has 0 spiro atoms. The van der Waals surface area contributed by atoms with Crippen LogP contribution in [0.3, 0.4) is 0 Å². The van der Waals surface area contributed by atoms with E-state index in [-0.39, 0.29) is 16.2 Å². The standard InChI is InChI=1S/C61H51BN2O2S/c1-32-23-42(37-24-38-39-25-44-45(61(7,8)22-21-60(44,5)6)29-52(39)66-53(38)30-47(37)63-34-19-17-33(18-20-34)59(2,3)4)57-58-56(32)43-28-51-40(35-13-9-11-15-50(35)65-51)27-48(43)64(58)49-31-55-41(26-46(49)62-57)36-14-10-12-16-54(36)67-55/h9-20,23-31,62-63H,21-22H2,1-8H3. The van der Waals surface area contributed by atoms with Crippen molar-refractivity contribution < 1.29 is 8.83 Å². The molecule has 1 aliphatic carbocycles. The number of benzene rings is 8. The summed E-state index contributed by atoms with van der Waals surface area (Å²) in [6, 6.07) is 48.0. The largest absolute Gasteiger partial charge is 0.456 e. The highest BCUT2D eigenvalue weighted by Crippen LogP contribution is 2.50. The average Bonchev–Trinajstić information content (AvgIpc) is 4.05. The SMILES string of the molecule is Cc1cc(-c2cc3c(cc2Nc2ccc(C(C)(C)C)cc2)oc2cc4c(cc23)C(C)(C)CCC4(C)C)c2c3c1c1cc4oc5ccccc5c4cc1n3-c1cc3sc4ccccc4c3cc1B2. The summed E-state index contributed by atoms with van der Waals surface area (Å²) in [7, 11) is 0.803. The van der Waals surface area contributed by atoms with Crippen LogP contribution in [0.1, 0.15) is 83.6 Å². The van der Waals surface area contributed by atoms with Crippen LogP contribution in [0.5, 0.6) is 0 Å². The molecule has 1 N–H and O–H groups in total. The Hall–Kier alpha value is -6.76. The molecule has 4 aromatic heterocycles. The van der Waals surface area contributed by atoms with Crippen molar-refractivity contribution in [1.29, 1.82) is 0 Å². The van der Waals surface area contributed by atoms with Crippen LogP contribution in [0.25, 0.3) is 103 Å². The van der Waals surface area contributed by atoms with Crippen LogP contribution in [0.2, 0.25) is 0 Å². The lowest BCUT2D eigenvalue weighted by Gasteiger charge is -2.41. The molecule has 8 aromatic carbocycles. The minimum absolute atomic E-state index is 0.0556. The zero-order chi connectivity index (χ0) is 45.5. The van der Waals surface area contributed by atoms with E-state index in [0.29, 0.717) is 0 Å². The zero-order valence-electron chi connectivity index (χ0n) is 39.4. The molecule has 0 bridgehead atoms. The van der Waals surface area contributed by atoms with Gasteiger partial charge in [0.15, 0.2) is 7.28 Å². The molecular weight excluding hydrogens is 836 g/mol. The number of rotatable bonds is 3. The van der Waals surface area contributed by atoms with Crippen LogP contribution in [0.15, 0.2) is 136 Å². The number of nitrogens with one attached hydrogen (secondary N) is 1. The van der Waals surface area contributed by atoms with Gasteiger partial charge in [0, 0.05) is 75.6 Å². The van der Waals surface area contributed by atoms with Crippen molar-refractivity contribution in [3.05, 3.63) is 150 Å². The highest BCUT2D eigenvalue weighted by molar-refractivity contribution is 7.25. The van der Waals surface area contributed by atoms with Crippen LogP contribution in [-0.2, 0) is 16.2 Å². The minimum atomic E-state index is 0.0556. The molecule has 0 fully saturated rings. The first kappa shape index (κ1) is 39.4. The van der Waals surface area contributed by atoms with Crippen molar-refractivity contribution in [3.63, 3.8) is 0 Å². The van der Waals surface area contributed by atoms with E-state index in [0.717, 1.165) is 70.0 Å². The van der Waals surface area contributed by atoms with Gasteiger partial charge < -0.3 is 18.7 Å². The Morgan fingerprint density at radius 2 is 1.27 bits per heavy atom. The van der Waals surface area contributed by atoms with E-state index in [1.807, 2.05) is 11.3 Å². The van der Waals surface area contributed by atoms with Crippen molar-refractivity contribution in [2.45, 2.75) is 84.5 Å². The molecular formula is C61H51BN2O2S. The average molecular weight is 887 g/mol. The van der Waals surface area contributed by atoms with Crippen LogP contribution in [0, 0.1) is 6.92 Å². The molecule has 0 atom stereocenters. The van der Waals surface area contributed by atoms with Crippen molar-refractivity contribution in [1.82, 2.24) is 4.57 Å². The Kier molecular flexibility index (Phi) is 7.78. The summed E-state index contributed by atoms with van der Waals surface area (Å²) >= 11 is 1.89. The topological polar surface area (TPSA) is 43.2 Å². The second-order valence-electron chi connectivity index (χ2n) is 22.1. The number of fused-ring (bicyclic) bond motifs is 15.